The van der Waals surface area contributed by atoms with Gasteiger partial charge < -0.3 is 14.8 Å². The van der Waals surface area contributed by atoms with Crippen molar-refractivity contribution in [1.82, 2.24) is 21.1 Å². The monoisotopic (exact) mass is 569 g/mol. The average molecular weight is 570 g/mol. The first-order chi connectivity index (χ1) is 18.2. The number of hydrogen-bond donors (Lipinski definition) is 3. The molecule has 0 saturated carbocycles. The van der Waals surface area contributed by atoms with Crippen LogP contribution in [0.2, 0.25) is 10.0 Å². The molecule has 0 spiro atoms. The lowest BCUT2D eigenvalue weighted by atomic mass is 10.0. The number of ether oxygens (including phenoxy) is 2. The van der Waals surface area contributed by atoms with Crippen molar-refractivity contribution >= 4 is 46.8 Å². The number of aliphatic imine (C=N–C) groups is 2. The average Bonchev–Trinajstić information content (AvgIpc) is 3.36. The normalized spacial score (nSPS) is 13.8. The summed E-state index contributed by atoms with van der Waals surface area (Å²) in [7, 11) is 0. The summed E-state index contributed by atoms with van der Waals surface area (Å²) in [6.45, 7) is 1.81. The van der Waals surface area contributed by atoms with Crippen molar-refractivity contribution in [2.45, 2.75) is 19.6 Å². The fourth-order valence-corrected chi connectivity index (χ4v) is 3.81. The van der Waals surface area contributed by atoms with Crippen LogP contribution < -0.4 is 20.8 Å². The van der Waals surface area contributed by atoms with Gasteiger partial charge in [-0.2, -0.15) is 14.0 Å². The molecule has 1 aliphatic rings. The number of carbonyl (C=O) groups is 1. The van der Waals surface area contributed by atoms with Gasteiger partial charge in [0.25, 0.3) is 0 Å². The molecule has 0 aliphatic carbocycles. The maximum Gasteiger partial charge on any atom is 0.407 e. The summed E-state index contributed by atoms with van der Waals surface area (Å²) in [5.41, 5.74) is 3.41. The molecule has 10 nitrogen and oxygen atoms in total. The number of halogens is 5. The Morgan fingerprint density at radius 3 is 2.84 bits per heavy atom. The smallest absolute Gasteiger partial charge is 0.407 e. The number of alkyl carbamates (subject to hydrolysis) is 1. The third-order valence-electron chi connectivity index (χ3n) is 4.91. The van der Waals surface area contributed by atoms with Gasteiger partial charge in [0.05, 0.1) is 16.1 Å². The molecule has 2 aromatic carbocycles. The van der Waals surface area contributed by atoms with Gasteiger partial charge in [-0.25, -0.2) is 24.2 Å². The van der Waals surface area contributed by atoms with Crippen molar-refractivity contribution in [3.05, 3.63) is 70.0 Å². The van der Waals surface area contributed by atoms with Crippen molar-refractivity contribution in [1.29, 1.82) is 5.26 Å². The number of hydrogen-bond acceptors (Lipinski definition) is 7. The zero-order chi connectivity index (χ0) is 27.8. The fourth-order valence-electron chi connectivity index (χ4n) is 3.32. The third kappa shape index (κ3) is 6.78. The first-order valence-corrected chi connectivity index (χ1v) is 11.5. The van der Waals surface area contributed by atoms with E-state index in [-0.39, 0.29) is 40.8 Å². The Hall–Kier alpha value is -4.15. The number of benzene rings is 2. The summed E-state index contributed by atoms with van der Waals surface area (Å²) in [4.78, 5) is 20.5. The van der Waals surface area contributed by atoms with Crippen LogP contribution in [0.3, 0.4) is 0 Å². The van der Waals surface area contributed by atoms with Gasteiger partial charge in [0, 0.05) is 11.1 Å². The summed E-state index contributed by atoms with van der Waals surface area (Å²) in [5.74, 6) is -1.80. The van der Waals surface area contributed by atoms with Crippen LogP contribution in [0, 0.1) is 17.3 Å². The van der Waals surface area contributed by atoms with Crippen molar-refractivity contribution in [2.75, 3.05) is 13.3 Å². The summed E-state index contributed by atoms with van der Waals surface area (Å²) in [5, 5.41) is 15.8. The first-order valence-electron chi connectivity index (χ1n) is 10.7. The zero-order valence-electron chi connectivity index (χ0n) is 19.6. The molecule has 200 valence electrons. The molecule has 3 rings (SSSR count). The number of alkyl halides is 2. The number of nitrogens with zero attached hydrogens (tertiary/aromatic N) is 4. The van der Waals surface area contributed by atoms with Crippen LogP contribution in [0.25, 0.3) is 0 Å². The Kier molecular flexibility index (Phi) is 9.64. The van der Waals surface area contributed by atoms with Crippen LogP contribution in [0.1, 0.15) is 24.1 Å². The minimum absolute atomic E-state index is 0.00365. The fraction of sp³-hybridized carbons (Fsp3) is 0.217. The molecule has 15 heteroatoms. The van der Waals surface area contributed by atoms with E-state index in [0.29, 0.717) is 11.1 Å². The minimum atomic E-state index is -3.24. The second-order valence-electron chi connectivity index (χ2n) is 7.40. The molecule has 1 aliphatic heterocycles. The highest BCUT2D eigenvalue weighted by molar-refractivity contribution is 6.43. The minimum Gasteiger partial charge on any atom is -0.445 e. The Bertz CT molecular complexity index is 1320. The van der Waals surface area contributed by atoms with Crippen molar-refractivity contribution < 1.29 is 27.4 Å². The van der Waals surface area contributed by atoms with Crippen molar-refractivity contribution in [2.24, 2.45) is 9.98 Å². The summed E-state index contributed by atoms with van der Waals surface area (Å²) < 4.78 is 48.9. The molecule has 2 aromatic rings. The van der Waals surface area contributed by atoms with E-state index in [1.54, 1.807) is 19.2 Å². The molecule has 0 saturated heterocycles. The van der Waals surface area contributed by atoms with Gasteiger partial charge in [0.15, 0.2) is 17.8 Å². The Morgan fingerprint density at radius 2 is 2.16 bits per heavy atom. The second kappa shape index (κ2) is 12.9. The van der Waals surface area contributed by atoms with Gasteiger partial charge in [-0.1, -0.05) is 41.9 Å². The van der Waals surface area contributed by atoms with Crippen LogP contribution in [0.5, 0.6) is 5.75 Å². The van der Waals surface area contributed by atoms with Crippen LogP contribution in [0.4, 0.5) is 23.7 Å². The van der Waals surface area contributed by atoms with Crippen LogP contribution in [-0.2, 0) is 4.74 Å². The molecule has 1 atom stereocenters. The van der Waals surface area contributed by atoms with Gasteiger partial charge in [0.1, 0.15) is 24.8 Å². The Labute approximate surface area is 225 Å². The standard InChI is InChI=1S/C23H20Cl2F3N7O3/c1-3-9-37-23(36)32-12(2)17-13(7-8-14(24)18(17)25)20-31-11-35(34-20)22(30-10-29)33-15-5-4-6-16(19(15)26)38-21(27)28/h3-8,12,21H,1,9,11H2,2H3,(H,30,33)(H,31,34)(H,32,36). The molecule has 1 unspecified atom stereocenters. The largest absolute Gasteiger partial charge is 0.445 e. The van der Waals surface area contributed by atoms with E-state index in [2.05, 4.69) is 37.4 Å². The molecule has 1 heterocycles. The van der Waals surface area contributed by atoms with Crippen LogP contribution in [-0.4, -0.2) is 42.8 Å². The van der Waals surface area contributed by atoms with Crippen molar-refractivity contribution in [3.63, 3.8) is 0 Å². The van der Waals surface area contributed by atoms with Gasteiger partial charge >= 0.3 is 12.7 Å². The molecule has 0 fully saturated rings. The predicted octanol–water partition coefficient (Wildman–Crippen LogP) is 4.99. The van der Waals surface area contributed by atoms with E-state index in [1.165, 1.54) is 29.3 Å². The molecule has 0 bridgehead atoms. The summed E-state index contributed by atoms with van der Waals surface area (Å²) in [6, 6.07) is 5.96. The Morgan fingerprint density at radius 1 is 1.39 bits per heavy atom. The lowest BCUT2D eigenvalue weighted by molar-refractivity contribution is -0.0521. The highest BCUT2D eigenvalue weighted by Gasteiger charge is 2.27. The lowest BCUT2D eigenvalue weighted by Crippen LogP contribution is -2.46. The van der Waals surface area contributed by atoms with Crippen LogP contribution >= 0.6 is 23.2 Å². The van der Waals surface area contributed by atoms with Gasteiger partial charge in [-0.05, 0) is 31.2 Å². The maximum absolute atomic E-state index is 14.6. The number of amidine groups is 1. The lowest BCUT2D eigenvalue weighted by Gasteiger charge is -2.22. The third-order valence-corrected chi connectivity index (χ3v) is 5.73. The highest BCUT2D eigenvalue weighted by Crippen LogP contribution is 2.34. The number of nitrogens with one attached hydrogen (secondary N) is 3. The zero-order valence-corrected chi connectivity index (χ0v) is 21.2. The number of amides is 1. The first kappa shape index (κ1) is 28.4. The number of rotatable bonds is 8. The number of carbonyl (C=O) groups excluding carboxylic acids is 1. The molecule has 0 radical (unpaired) electrons. The van der Waals surface area contributed by atoms with Crippen molar-refractivity contribution in [3.8, 4) is 11.9 Å². The van der Waals surface area contributed by atoms with E-state index in [9.17, 15) is 23.2 Å². The number of guanidine groups is 1. The van der Waals surface area contributed by atoms with Gasteiger partial charge in [0.2, 0.25) is 5.96 Å². The predicted molar refractivity (Wildman–Crippen MR) is 135 cm³/mol. The number of hydrazine groups is 1. The van der Waals surface area contributed by atoms with Gasteiger partial charge in [-0.3, -0.25) is 10.7 Å². The van der Waals surface area contributed by atoms with E-state index in [1.807, 2.05) is 0 Å². The highest BCUT2D eigenvalue weighted by atomic mass is 35.5. The molecule has 0 aromatic heterocycles. The summed E-state index contributed by atoms with van der Waals surface area (Å²) in [6.07, 6.45) is 2.38. The van der Waals surface area contributed by atoms with E-state index in [0.717, 1.165) is 6.07 Å². The SMILES string of the molecule is C=CCOC(=O)NC(C)c1c(C2=NCN(C(=Nc3cccc(OC(F)F)c3F)NC#N)N2)ccc(Cl)c1Cl. The molecule has 38 heavy (non-hydrogen) atoms. The van der Waals surface area contributed by atoms with E-state index >= 15 is 0 Å². The topological polar surface area (TPSA) is 123 Å². The summed E-state index contributed by atoms with van der Waals surface area (Å²) >= 11 is 12.7. The Balaban J connectivity index is 1.89. The quantitative estimate of drug-likeness (QED) is 0.134. The molecule has 1 amide bonds. The number of nitriles is 1. The van der Waals surface area contributed by atoms with E-state index < -0.39 is 30.3 Å². The molecular formula is C23H20Cl2F3N7O3. The van der Waals surface area contributed by atoms with Gasteiger partial charge in [-0.15, -0.1) is 0 Å². The molecule has 3 N–H and O–H groups in total. The maximum atomic E-state index is 14.6. The second-order valence-corrected chi connectivity index (χ2v) is 8.19. The van der Waals surface area contributed by atoms with E-state index in [4.69, 9.17) is 27.9 Å². The molecular weight excluding hydrogens is 550 g/mol. The van der Waals surface area contributed by atoms with Crippen LogP contribution in [0.15, 0.2) is 53.0 Å².